The van der Waals surface area contributed by atoms with Gasteiger partial charge in [0.2, 0.25) is 5.91 Å². The summed E-state index contributed by atoms with van der Waals surface area (Å²) >= 11 is 3.56. The van der Waals surface area contributed by atoms with Crippen molar-refractivity contribution in [2.45, 2.75) is 18.9 Å². The largest absolute Gasteiger partial charge is 0.307 e. The molecule has 1 fully saturated rings. The SMILES string of the molecule is O=C1CNCC2CCc3c(Br)cccc3N12. The summed E-state index contributed by atoms with van der Waals surface area (Å²) in [5, 5.41) is 3.18. The number of carbonyl (C=O) groups is 1. The van der Waals surface area contributed by atoms with Crippen molar-refractivity contribution in [3.8, 4) is 0 Å². The van der Waals surface area contributed by atoms with Crippen LogP contribution in [0.4, 0.5) is 5.69 Å². The van der Waals surface area contributed by atoms with Gasteiger partial charge in [-0.1, -0.05) is 22.0 Å². The first-order chi connectivity index (χ1) is 7.77. The second-order valence-electron chi connectivity index (χ2n) is 4.32. The smallest absolute Gasteiger partial charge is 0.241 e. The van der Waals surface area contributed by atoms with Crippen molar-refractivity contribution < 1.29 is 4.79 Å². The van der Waals surface area contributed by atoms with Gasteiger partial charge in [0.25, 0.3) is 0 Å². The number of piperazine rings is 1. The van der Waals surface area contributed by atoms with Crippen LogP contribution in [0.2, 0.25) is 0 Å². The molecule has 3 rings (SSSR count). The molecule has 0 bridgehead atoms. The van der Waals surface area contributed by atoms with Crippen LogP contribution in [0.15, 0.2) is 22.7 Å². The summed E-state index contributed by atoms with van der Waals surface area (Å²) in [5.74, 6) is 0.190. The summed E-state index contributed by atoms with van der Waals surface area (Å²) in [6, 6.07) is 6.44. The van der Waals surface area contributed by atoms with Crippen molar-refractivity contribution in [2.24, 2.45) is 0 Å². The number of fused-ring (bicyclic) bond motifs is 3. The second-order valence-corrected chi connectivity index (χ2v) is 5.18. The van der Waals surface area contributed by atoms with E-state index in [1.165, 1.54) is 5.56 Å². The number of nitrogens with zero attached hydrogens (tertiary/aromatic N) is 1. The average molecular weight is 281 g/mol. The highest BCUT2D eigenvalue weighted by Gasteiger charge is 2.33. The highest BCUT2D eigenvalue weighted by atomic mass is 79.9. The van der Waals surface area contributed by atoms with Crippen LogP contribution in [0.5, 0.6) is 0 Å². The standard InChI is InChI=1S/C12H13BrN2O/c13-10-2-1-3-11-9(10)5-4-8-6-14-7-12(16)15(8)11/h1-3,8,14H,4-7H2. The molecule has 1 unspecified atom stereocenters. The van der Waals surface area contributed by atoms with Crippen LogP contribution >= 0.6 is 15.9 Å². The monoisotopic (exact) mass is 280 g/mol. The topological polar surface area (TPSA) is 32.3 Å². The predicted molar refractivity (Wildman–Crippen MR) is 66.6 cm³/mol. The van der Waals surface area contributed by atoms with Gasteiger partial charge in [-0.3, -0.25) is 4.79 Å². The lowest BCUT2D eigenvalue weighted by molar-refractivity contribution is -0.119. The number of nitrogens with one attached hydrogen (secondary N) is 1. The maximum Gasteiger partial charge on any atom is 0.241 e. The van der Waals surface area contributed by atoms with Crippen LogP contribution in [0.25, 0.3) is 0 Å². The van der Waals surface area contributed by atoms with E-state index in [4.69, 9.17) is 0 Å². The zero-order chi connectivity index (χ0) is 11.1. The summed E-state index contributed by atoms with van der Waals surface area (Å²) in [7, 11) is 0. The fourth-order valence-electron chi connectivity index (χ4n) is 2.62. The number of halogens is 1. The zero-order valence-corrected chi connectivity index (χ0v) is 10.5. The van der Waals surface area contributed by atoms with Crippen molar-refractivity contribution in [2.75, 3.05) is 18.0 Å². The van der Waals surface area contributed by atoms with Gasteiger partial charge in [0.05, 0.1) is 6.54 Å². The molecule has 4 heteroatoms. The van der Waals surface area contributed by atoms with E-state index in [2.05, 4.69) is 27.3 Å². The summed E-state index contributed by atoms with van der Waals surface area (Å²) < 4.78 is 1.12. The highest BCUT2D eigenvalue weighted by molar-refractivity contribution is 9.10. The number of hydrogen-bond donors (Lipinski definition) is 1. The Morgan fingerprint density at radius 3 is 3.19 bits per heavy atom. The van der Waals surface area contributed by atoms with Gasteiger partial charge in [0, 0.05) is 22.7 Å². The van der Waals surface area contributed by atoms with Crippen LogP contribution in [0.1, 0.15) is 12.0 Å². The Bertz CT molecular complexity index is 447. The predicted octanol–water partition coefficient (Wildman–Crippen LogP) is 1.70. The third-order valence-electron chi connectivity index (χ3n) is 3.37. The Morgan fingerprint density at radius 2 is 2.31 bits per heavy atom. The Balaban J connectivity index is 2.09. The molecular weight excluding hydrogens is 268 g/mol. The van der Waals surface area contributed by atoms with Gasteiger partial charge < -0.3 is 10.2 Å². The van der Waals surface area contributed by atoms with E-state index < -0.39 is 0 Å². The van der Waals surface area contributed by atoms with Gasteiger partial charge in [0.1, 0.15) is 0 Å². The molecule has 0 aliphatic carbocycles. The zero-order valence-electron chi connectivity index (χ0n) is 8.87. The molecule has 16 heavy (non-hydrogen) atoms. The van der Waals surface area contributed by atoms with Gasteiger partial charge in [0.15, 0.2) is 0 Å². The minimum Gasteiger partial charge on any atom is -0.307 e. The van der Waals surface area contributed by atoms with E-state index in [9.17, 15) is 4.79 Å². The van der Waals surface area contributed by atoms with E-state index in [-0.39, 0.29) is 5.91 Å². The highest BCUT2D eigenvalue weighted by Crippen LogP contribution is 2.35. The third-order valence-corrected chi connectivity index (χ3v) is 4.11. The third kappa shape index (κ3) is 1.48. The van der Waals surface area contributed by atoms with E-state index in [0.717, 1.165) is 29.5 Å². The molecule has 1 atom stereocenters. The molecule has 1 amide bonds. The maximum atomic E-state index is 12.0. The lowest BCUT2D eigenvalue weighted by Crippen LogP contribution is -2.56. The summed E-state index contributed by atoms with van der Waals surface area (Å²) in [4.78, 5) is 13.9. The first-order valence-corrected chi connectivity index (χ1v) is 6.37. The van der Waals surface area contributed by atoms with Crippen LogP contribution in [0.3, 0.4) is 0 Å². The molecule has 3 nitrogen and oxygen atoms in total. The molecule has 2 aliphatic rings. The number of anilines is 1. The van der Waals surface area contributed by atoms with Crippen molar-refractivity contribution in [1.29, 1.82) is 0 Å². The molecule has 1 aromatic rings. The number of benzene rings is 1. The Morgan fingerprint density at radius 1 is 1.44 bits per heavy atom. The second kappa shape index (κ2) is 3.86. The molecule has 2 aliphatic heterocycles. The van der Waals surface area contributed by atoms with Crippen LogP contribution in [0, 0.1) is 0 Å². The fraction of sp³-hybridized carbons (Fsp3) is 0.417. The quantitative estimate of drug-likeness (QED) is 0.785. The van der Waals surface area contributed by atoms with Gasteiger partial charge >= 0.3 is 0 Å². The Labute approximate surface area is 103 Å². The first-order valence-electron chi connectivity index (χ1n) is 5.57. The van der Waals surface area contributed by atoms with Gasteiger partial charge in [-0.05, 0) is 30.5 Å². The normalized spacial score (nSPS) is 23.9. The molecule has 84 valence electrons. The lowest BCUT2D eigenvalue weighted by Gasteiger charge is -2.40. The minimum atomic E-state index is 0.190. The van der Waals surface area contributed by atoms with Crippen molar-refractivity contribution in [1.82, 2.24) is 5.32 Å². The molecule has 1 saturated heterocycles. The molecule has 0 radical (unpaired) electrons. The number of hydrogen-bond acceptors (Lipinski definition) is 2. The van der Waals surface area contributed by atoms with Crippen LogP contribution < -0.4 is 10.2 Å². The van der Waals surface area contributed by atoms with Gasteiger partial charge in [-0.25, -0.2) is 0 Å². The molecule has 1 aromatic carbocycles. The number of amides is 1. The molecule has 1 N–H and O–H groups in total. The number of rotatable bonds is 0. The van der Waals surface area contributed by atoms with E-state index >= 15 is 0 Å². The maximum absolute atomic E-state index is 12.0. The lowest BCUT2D eigenvalue weighted by atomic mass is 9.94. The van der Waals surface area contributed by atoms with Crippen LogP contribution in [-0.4, -0.2) is 25.0 Å². The van der Waals surface area contributed by atoms with Crippen molar-refractivity contribution >= 4 is 27.5 Å². The summed E-state index contributed by atoms with van der Waals surface area (Å²) in [6.45, 7) is 1.38. The molecule has 2 heterocycles. The summed E-state index contributed by atoms with van der Waals surface area (Å²) in [5.41, 5.74) is 2.37. The summed E-state index contributed by atoms with van der Waals surface area (Å²) in [6.07, 6.45) is 2.10. The minimum absolute atomic E-state index is 0.190. The first kappa shape index (κ1) is 10.3. The van der Waals surface area contributed by atoms with E-state index in [1.54, 1.807) is 0 Å². The number of carbonyl (C=O) groups excluding carboxylic acids is 1. The fourth-order valence-corrected chi connectivity index (χ4v) is 3.17. The van der Waals surface area contributed by atoms with Crippen molar-refractivity contribution in [3.63, 3.8) is 0 Å². The van der Waals surface area contributed by atoms with E-state index in [0.29, 0.717) is 12.6 Å². The Hall–Kier alpha value is -0.870. The van der Waals surface area contributed by atoms with E-state index in [1.807, 2.05) is 17.0 Å². The van der Waals surface area contributed by atoms with Gasteiger partial charge in [-0.15, -0.1) is 0 Å². The molecule has 0 spiro atoms. The average Bonchev–Trinajstić information content (AvgIpc) is 2.29. The van der Waals surface area contributed by atoms with Gasteiger partial charge in [-0.2, -0.15) is 0 Å². The molecule has 0 saturated carbocycles. The molecular formula is C12H13BrN2O. The Kier molecular flexibility index (Phi) is 2.48. The molecule has 0 aromatic heterocycles. The van der Waals surface area contributed by atoms with Crippen molar-refractivity contribution in [3.05, 3.63) is 28.2 Å². The van der Waals surface area contributed by atoms with Crippen LogP contribution in [-0.2, 0) is 11.2 Å².